The minimum absolute atomic E-state index is 0.0649. The van der Waals surface area contributed by atoms with Crippen LogP contribution in [0.25, 0.3) is 0 Å². The zero-order chi connectivity index (χ0) is 15.9. The molecule has 0 bridgehead atoms. The second-order valence-corrected chi connectivity index (χ2v) is 6.49. The molecule has 0 atom stereocenters. The van der Waals surface area contributed by atoms with Crippen LogP contribution in [0.3, 0.4) is 0 Å². The quantitative estimate of drug-likeness (QED) is 0.421. The van der Waals surface area contributed by atoms with Crippen LogP contribution in [0.5, 0.6) is 11.5 Å². The van der Waals surface area contributed by atoms with Crippen LogP contribution in [0.4, 0.5) is 0 Å². The number of halogens is 1. The summed E-state index contributed by atoms with van der Waals surface area (Å²) in [4.78, 5) is 0. The van der Waals surface area contributed by atoms with E-state index >= 15 is 0 Å². The first-order chi connectivity index (χ1) is 10.6. The normalized spacial score (nSPS) is 15.7. The van der Waals surface area contributed by atoms with Crippen LogP contribution in [0.15, 0.2) is 21.7 Å². The molecular weight excluding hydrogens is 366 g/mol. The van der Waals surface area contributed by atoms with Crippen LogP contribution >= 0.6 is 28.1 Å². The van der Waals surface area contributed by atoms with Gasteiger partial charge in [-0.15, -0.1) is 0 Å². The van der Waals surface area contributed by atoms with E-state index in [0.717, 1.165) is 22.9 Å². The standard InChI is InChI=1S/C15H20BrN3O2S/c1-21-14-8-12(16)10(7-13(14)20)9-17-19-15(22)18-11-5-3-2-4-6-11/h7-9,11,20H,2-6H2,1H3,(H2,18,19,22)/b17-9-. The lowest BCUT2D eigenvalue weighted by Crippen LogP contribution is -2.40. The first kappa shape index (κ1) is 17.0. The summed E-state index contributed by atoms with van der Waals surface area (Å²) >= 11 is 8.64. The summed E-state index contributed by atoms with van der Waals surface area (Å²) in [7, 11) is 1.51. The lowest BCUT2D eigenvalue weighted by molar-refractivity contribution is 0.373. The molecule has 1 aromatic carbocycles. The van der Waals surface area contributed by atoms with E-state index in [9.17, 15) is 5.11 Å². The average Bonchev–Trinajstić information content (AvgIpc) is 2.51. The Morgan fingerprint density at radius 1 is 1.41 bits per heavy atom. The summed E-state index contributed by atoms with van der Waals surface area (Å²) in [5, 5.41) is 17.7. The van der Waals surface area contributed by atoms with Crippen molar-refractivity contribution in [3.05, 3.63) is 22.2 Å². The van der Waals surface area contributed by atoms with Gasteiger partial charge in [-0.05, 0) is 53.1 Å². The highest BCUT2D eigenvalue weighted by molar-refractivity contribution is 9.10. The van der Waals surface area contributed by atoms with Gasteiger partial charge in [0.15, 0.2) is 16.6 Å². The molecule has 1 aromatic rings. The molecule has 0 spiro atoms. The fourth-order valence-electron chi connectivity index (χ4n) is 2.45. The van der Waals surface area contributed by atoms with E-state index in [-0.39, 0.29) is 5.75 Å². The predicted molar refractivity (Wildman–Crippen MR) is 95.7 cm³/mol. The Labute approximate surface area is 144 Å². The summed E-state index contributed by atoms with van der Waals surface area (Å²) in [5.74, 6) is 0.474. The molecular formula is C15H20BrN3O2S. The van der Waals surface area contributed by atoms with Crippen molar-refractivity contribution in [3.8, 4) is 11.5 Å². The smallest absolute Gasteiger partial charge is 0.187 e. The van der Waals surface area contributed by atoms with Crippen molar-refractivity contribution in [1.29, 1.82) is 0 Å². The Morgan fingerprint density at radius 2 is 2.14 bits per heavy atom. The number of rotatable bonds is 4. The van der Waals surface area contributed by atoms with Gasteiger partial charge < -0.3 is 15.2 Å². The molecule has 0 saturated heterocycles. The van der Waals surface area contributed by atoms with Crippen LogP contribution in [0, 0.1) is 0 Å². The zero-order valence-electron chi connectivity index (χ0n) is 12.4. The van der Waals surface area contributed by atoms with E-state index in [4.69, 9.17) is 17.0 Å². The highest BCUT2D eigenvalue weighted by Crippen LogP contribution is 2.31. The molecule has 0 heterocycles. The van der Waals surface area contributed by atoms with Gasteiger partial charge in [0.2, 0.25) is 0 Å². The second kappa shape index (κ2) is 8.33. The molecule has 0 aromatic heterocycles. The van der Waals surface area contributed by atoms with E-state index in [0.29, 0.717) is 16.9 Å². The van der Waals surface area contributed by atoms with Crippen LogP contribution in [0.2, 0.25) is 0 Å². The molecule has 2 rings (SSSR count). The number of phenolic OH excluding ortho intramolecular Hbond substituents is 1. The third-order valence-corrected chi connectivity index (χ3v) is 4.50. The molecule has 0 radical (unpaired) electrons. The second-order valence-electron chi connectivity index (χ2n) is 5.22. The third kappa shape index (κ3) is 4.84. The number of nitrogens with one attached hydrogen (secondary N) is 2. The Hall–Kier alpha value is -1.34. The number of hydrogen-bond donors (Lipinski definition) is 3. The van der Waals surface area contributed by atoms with Gasteiger partial charge in [-0.25, -0.2) is 0 Å². The third-order valence-electron chi connectivity index (χ3n) is 3.61. The van der Waals surface area contributed by atoms with Gasteiger partial charge in [0.1, 0.15) is 0 Å². The molecule has 1 saturated carbocycles. The number of aromatic hydroxyl groups is 1. The Bertz CT molecular complexity index is 560. The number of benzene rings is 1. The molecule has 1 fully saturated rings. The summed E-state index contributed by atoms with van der Waals surface area (Å²) in [6, 6.07) is 3.71. The number of hydrazone groups is 1. The van der Waals surface area contributed by atoms with Crippen molar-refractivity contribution in [1.82, 2.24) is 10.7 Å². The average molecular weight is 386 g/mol. The largest absolute Gasteiger partial charge is 0.504 e. The summed E-state index contributed by atoms with van der Waals surface area (Å²) in [6.45, 7) is 0. The van der Waals surface area contributed by atoms with Crippen molar-refractivity contribution in [2.24, 2.45) is 5.10 Å². The number of hydrogen-bond acceptors (Lipinski definition) is 4. The molecule has 22 heavy (non-hydrogen) atoms. The molecule has 1 aliphatic carbocycles. The lowest BCUT2D eigenvalue weighted by Gasteiger charge is -2.23. The molecule has 3 N–H and O–H groups in total. The molecule has 0 amide bonds. The lowest BCUT2D eigenvalue weighted by atomic mass is 9.96. The number of phenols is 1. The maximum Gasteiger partial charge on any atom is 0.187 e. The van der Waals surface area contributed by atoms with Gasteiger partial charge in [-0.2, -0.15) is 5.10 Å². The van der Waals surface area contributed by atoms with Crippen molar-refractivity contribution in [3.63, 3.8) is 0 Å². The highest BCUT2D eigenvalue weighted by Gasteiger charge is 2.13. The zero-order valence-corrected chi connectivity index (χ0v) is 14.8. The van der Waals surface area contributed by atoms with Crippen molar-refractivity contribution < 1.29 is 9.84 Å². The molecule has 120 valence electrons. The Balaban J connectivity index is 1.89. The van der Waals surface area contributed by atoms with Crippen molar-refractivity contribution in [2.75, 3.05) is 7.11 Å². The molecule has 1 aliphatic rings. The summed E-state index contributed by atoms with van der Waals surface area (Å²) < 4.78 is 5.81. The topological polar surface area (TPSA) is 65.9 Å². The molecule has 5 nitrogen and oxygen atoms in total. The number of methoxy groups -OCH3 is 1. The summed E-state index contributed by atoms with van der Waals surface area (Å²) in [5.41, 5.74) is 3.54. The number of nitrogens with zero attached hydrogens (tertiary/aromatic N) is 1. The van der Waals surface area contributed by atoms with Crippen LogP contribution in [0.1, 0.15) is 37.7 Å². The minimum atomic E-state index is 0.0649. The fraction of sp³-hybridized carbons (Fsp3) is 0.467. The molecule has 0 unspecified atom stereocenters. The Morgan fingerprint density at radius 3 is 2.82 bits per heavy atom. The highest BCUT2D eigenvalue weighted by atomic mass is 79.9. The van der Waals surface area contributed by atoms with E-state index in [1.54, 1.807) is 18.3 Å². The maximum absolute atomic E-state index is 9.77. The van der Waals surface area contributed by atoms with Crippen LogP contribution in [-0.2, 0) is 0 Å². The maximum atomic E-state index is 9.77. The van der Waals surface area contributed by atoms with E-state index < -0.39 is 0 Å². The summed E-state index contributed by atoms with van der Waals surface area (Å²) in [6.07, 6.45) is 7.72. The van der Waals surface area contributed by atoms with E-state index in [2.05, 4.69) is 31.8 Å². The van der Waals surface area contributed by atoms with E-state index in [1.807, 2.05) is 0 Å². The molecule has 0 aliphatic heterocycles. The first-order valence-electron chi connectivity index (χ1n) is 7.26. The SMILES string of the molecule is COc1cc(Br)c(/C=N\NC(=S)NC2CCCCC2)cc1O. The fourth-order valence-corrected chi connectivity index (χ4v) is 3.09. The first-order valence-corrected chi connectivity index (χ1v) is 8.46. The number of thiocarbonyl (C=S) groups is 1. The van der Waals surface area contributed by atoms with Gasteiger partial charge in [0, 0.05) is 16.1 Å². The molecule has 7 heteroatoms. The van der Waals surface area contributed by atoms with Gasteiger partial charge in [0.05, 0.1) is 13.3 Å². The monoisotopic (exact) mass is 385 g/mol. The minimum Gasteiger partial charge on any atom is -0.504 e. The van der Waals surface area contributed by atoms with Gasteiger partial charge >= 0.3 is 0 Å². The van der Waals surface area contributed by atoms with Crippen molar-refractivity contribution in [2.45, 2.75) is 38.1 Å². The van der Waals surface area contributed by atoms with Crippen LogP contribution < -0.4 is 15.5 Å². The number of ether oxygens (including phenoxy) is 1. The van der Waals surface area contributed by atoms with Crippen molar-refractivity contribution >= 4 is 39.5 Å². The van der Waals surface area contributed by atoms with Gasteiger partial charge in [-0.3, -0.25) is 5.43 Å². The van der Waals surface area contributed by atoms with Gasteiger partial charge in [-0.1, -0.05) is 19.3 Å². The van der Waals surface area contributed by atoms with Gasteiger partial charge in [0.25, 0.3) is 0 Å². The van der Waals surface area contributed by atoms with E-state index in [1.165, 1.54) is 26.4 Å². The van der Waals surface area contributed by atoms with Crippen LogP contribution in [-0.4, -0.2) is 29.6 Å². The predicted octanol–water partition coefficient (Wildman–Crippen LogP) is 3.29. The Kier molecular flexibility index (Phi) is 6.45.